The van der Waals surface area contributed by atoms with Crippen molar-refractivity contribution in [3.63, 3.8) is 0 Å². The zero-order valence-corrected chi connectivity index (χ0v) is 8.80. The molecule has 14 heavy (non-hydrogen) atoms. The molecule has 80 valence electrons. The van der Waals surface area contributed by atoms with Crippen LogP contribution in [0.2, 0.25) is 0 Å². The number of aliphatic hydroxyl groups excluding tert-OH is 1. The molecule has 0 radical (unpaired) electrons. The third kappa shape index (κ3) is 2.71. The fraction of sp³-hybridized carbons (Fsp3) is 0.571. The Labute approximate surface area is 86.7 Å². The van der Waals surface area contributed by atoms with Crippen molar-refractivity contribution >= 4 is 15.9 Å². The predicted octanol–water partition coefficient (Wildman–Crippen LogP) is 1.65. The van der Waals surface area contributed by atoms with E-state index in [0.29, 0.717) is 10.3 Å². The lowest BCUT2D eigenvalue weighted by Crippen LogP contribution is -2.31. The number of alkyl halides is 3. The van der Waals surface area contributed by atoms with Gasteiger partial charge in [-0.1, -0.05) is 0 Å². The first-order valence-corrected chi connectivity index (χ1v) is 4.53. The van der Waals surface area contributed by atoms with Crippen molar-refractivity contribution in [1.29, 1.82) is 0 Å². The van der Waals surface area contributed by atoms with Crippen molar-refractivity contribution in [1.82, 2.24) is 9.78 Å². The zero-order chi connectivity index (χ0) is 10.9. The molecule has 0 fully saturated rings. The van der Waals surface area contributed by atoms with E-state index >= 15 is 0 Å². The SMILES string of the molecule is Cn1nc(Br)cc1CC(O)C(F)(F)F. The molecule has 3 nitrogen and oxygen atoms in total. The van der Waals surface area contributed by atoms with Gasteiger partial charge >= 0.3 is 6.18 Å². The van der Waals surface area contributed by atoms with Gasteiger partial charge in [0.15, 0.2) is 6.10 Å². The standard InChI is InChI=1S/C7H8BrF3N2O/c1-13-4(3-6(8)12-13)2-5(14)7(9,10)11/h3,5,14H,2H2,1H3. The van der Waals surface area contributed by atoms with Gasteiger partial charge in [0.25, 0.3) is 0 Å². The molecule has 1 N–H and O–H groups in total. The van der Waals surface area contributed by atoms with E-state index in [1.54, 1.807) is 0 Å². The highest BCUT2D eigenvalue weighted by Crippen LogP contribution is 2.23. The van der Waals surface area contributed by atoms with Crippen LogP contribution in [0.5, 0.6) is 0 Å². The Bertz CT molecular complexity index is 323. The molecule has 1 atom stereocenters. The lowest BCUT2D eigenvalue weighted by molar-refractivity contribution is -0.203. The molecule has 1 aromatic heterocycles. The van der Waals surface area contributed by atoms with Crippen LogP contribution in [-0.2, 0) is 13.5 Å². The Morgan fingerprint density at radius 3 is 2.57 bits per heavy atom. The highest BCUT2D eigenvalue weighted by atomic mass is 79.9. The molecule has 0 saturated carbocycles. The van der Waals surface area contributed by atoms with Gasteiger partial charge in [0.05, 0.1) is 0 Å². The minimum Gasteiger partial charge on any atom is -0.383 e. The maximum atomic E-state index is 12.0. The first kappa shape index (κ1) is 11.5. The van der Waals surface area contributed by atoms with Crippen LogP contribution in [0.15, 0.2) is 10.7 Å². The molecule has 0 spiro atoms. The van der Waals surface area contributed by atoms with Crippen molar-refractivity contribution in [2.45, 2.75) is 18.7 Å². The smallest absolute Gasteiger partial charge is 0.383 e. The summed E-state index contributed by atoms with van der Waals surface area (Å²) in [5.74, 6) is 0. The molecule has 1 aromatic rings. The Kier molecular flexibility index (Phi) is 3.20. The van der Waals surface area contributed by atoms with E-state index in [1.807, 2.05) is 0 Å². The van der Waals surface area contributed by atoms with Gasteiger partial charge in [-0.3, -0.25) is 4.68 Å². The van der Waals surface area contributed by atoms with E-state index in [0.717, 1.165) is 0 Å². The molecule has 0 aliphatic rings. The van der Waals surface area contributed by atoms with Gasteiger partial charge in [-0.2, -0.15) is 18.3 Å². The van der Waals surface area contributed by atoms with E-state index in [1.165, 1.54) is 17.8 Å². The molecule has 7 heteroatoms. The molecule has 0 aromatic carbocycles. The van der Waals surface area contributed by atoms with E-state index in [9.17, 15) is 13.2 Å². The number of aliphatic hydroxyl groups is 1. The van der Waals surface area contributed by atoms with Crippen molar-refractivity contribution in [2.75, 3.05) is 0 Å². The Morgan fingerprint density at radius 1 is 1.64 bits per heavy atom. The van der Waals surface area contributed by atoms with E-state index < -0.39 is 18.7 Å². The highest BCUT2D eigenvalue weighted by molar-refractivity contribution is 9.10. The Balaban J connectivity index is 2.74. The van der Waals surface area contributed by atoms with Gasteiger partial charge in [0.1, 0.15) is 4.60 Å². The average molecular weight is 273 g/mol. The normalized spacial score (nSPS) is 14.4. The summed E-state index contributed by atoms with van der Waals surface area (Å²) in [6.07, 6.45) is -7.42. The maximum absolute atomic E-state index is 12.0. The topological polar surface area (TPSA) is 38.0 Å². The lowest BCUT2D eigenvalue weighted by atomic mass is 10.2. The number of hydrogen-bond acceptors (Lipinski definition) is 2. The monoisotopic (exact) mass is 272 g/mol. The van der Waals surface area contributed by atoms with Gasteiger partial charge in [0.2, 0.25) is 0 Å². The van der Waals surface area contributed by atoms with E-state index in [2.05, 4.69) is 21.0 Å². The molecule has 0 aliphatic heterocycles. The molecule has 1 unspecified atom stereocenters. The fourth-order valence-electron chi connectivity index (χ4n) is 0.972. The number of aryl methyl sites for hydroxylation is 1. The number of aromatic nitrogens is 2. The van der Waals surface area contributed by atoms with Gasteiger partial charge in [-0.05, 0) is 22.0 Å². The second-order valence-electron chi connectivity index (χ2n) is 2.84. The van der Waals surface area contributed by atoms with Crippen molar-refractivity contribution in [3.05, 3.63) is 16.4 Å². The molecule has 0 aliphatic carbocycles. The molecular formula is C7H8BrF3N2O. The van der Waals surface area contributed by atoms with Crippen LogP contribution in [0.3, 0.4) is 0 Å². The van der Waals surface area contributed by atoms with Crippen molar-refractivity contribution < 1.29 is 18.3 Å². The van der Waals surface area contributed by atoms with Crippen molar-refractivity contribution in [2.24, 2.45) is 7.05 Å². The minimum atomic E-state index is -4.59. The number of rotatable bonds is 2. The number of hydrogen-bond donors (Lipinski definition) is 1. The van der Waals surface area contributed by atoms with E-state index in [-0.39, 0.29) is 0 Å². The van der Waals surface area contributed by atoms with Crippen LogP contribution >= 0.6 is 15.9 Å². The first-order chi connectivity index (χ1) is 6.30. The van der Waals surface area contributed by atoms with Crippen LogP contribution in [0.25, 0.3) is 0 Å². The fourth-order valence-corrected chi connectivity index (χ4v) is 1.47. The van der Waals surface area contributed by atoms with Gasteiger partial charge in [-0.15, -0.1) is 0 Å². The number of halogens is 4. The van der Waals surface area contributed by atoms with Gasteiger partial charge < -0.3 is 5.11 Å². The van der Waals surface area contributed by atoms with Gasteiger partial charge in [0, 0.05) is 19.2 Å². The third-order valence-electron chi connectivity index (χ3n) is 1.73. The molecule has 1 rings (SSSR count). The summed E-state index contributed by atoms with van der Waals surface area (Å²) in [4.78, 5) is 0. The molecule has 1 heterocycles. The second kappa shape index (κ2) is 3.90. The summed E-state index contributed by atoms with van der Waals surface area (Å²) in [5, 5.41) is 12.6. The largest absolute Gasteiger partial charge is 0.414 e. The minimum absolute atomic E-state index is 0.321. The Morgan fingerprint density at radius 2 is 2.21 bits per heavy atom. The number of nitrogens with zero attached hydrogens (tertiary/aromatic N) is 2. The summed E-state index contributed by atoms with van der Waals surface area (Å²) < 4.78 is 37.7. The van der Waals surface area contributed by atoms with Crippen LogP contribution in [-0.4, -0.2) is 27.2 Å². The van der Waals surface area contributed by atoms with Crippen LogP contribution in [0.4, 0.5) is 13.2 Å². The second-order valence-corrected chi connectivity index (χ2v) is 3.66. The summed E-state index contributed by atoms with van der Waals surface area (Å²) in [7, 11) is 1.52. The van der Waals surface area contributed by atoms with Crippen LogP contribution in [0.1, 0.15) is 5.69 Å². The first-order valence-electron chi connectivity index (χ1n) is 3.74. The summed E-state index contributed by atoms with van der Waals surface area (Å²) in [6.45, 7) is 0. The quantitative estimate of drug-likeness (QED) is 0.889. The summed E-state index contributed by atoms with van der Waals surface area (Å²) in [6, 6.07) is 1.44. The van der Waals surface area contributed by atoms with Gasteiger partial charge in [-0.25, -0.2) is 0 Å². The van der Waals surface area contributed by atoms with Crippen LogP contribution in [0, 0.1) is 0 Å². The molecule has 0 bridgehead atoms. The van der Waals surface area contributed by atoms with Crippen molar-refractivity contribution in [3.8, 4) is 0 Å². The Hall–Kier alpha value is -0.560. The van der Waals surface area contributed by atoms with Crippen LogP contribution < -0.4 is 0 Å². The highest BCUT2D eigenvalue weighted by Gasteiger charge is 2.38. The predicted molar refractivity (Wildman–Crippen MR) is 46.7 cm³/mol. The molecule has 0 amide bonds. The summed E-state index contributed by atoms with van der Waals surface area (Å²) in [5.41, 5.74) is 0.321. The average Bonchev–Trinajstić information content (AvgIpc) is 2.28. The molecule has 0 saturated heterocycles. The third-order valence-corrected chi connectivity index (χ3v) is 2.11. The maximum Gasteiger partial charge on any atom is 0.414 e. The van der Waals surface area contributed by atoms with E-state index in [4.69, 9.17) is 5.11 Å². The summed E-state index contributed by atoms with van der Waals surface area (Å²) >= 11 is 3.03. The lowest BCUT2D eigenvalue weighted by Gasteiger charge is -2.13. The molecular weight excluding hydrogens is 265 g/mol. The zero-order valence-electron chi connectivity index (χ0n) is 7.22.